The summed E-state index contributed by atoms with van der Waals surface area (Å²) in [5, 5.41) is 11.9. The van der Waals surface area contributed by atoms with E-state index in [0.29, 0.717) is 17.7 Å². The lowest BCUT2D eigenvalue weighted by atomic mass is 9.93. The molecule has 2 atom stereocenters. The van der Waals surface area contributed by atoms with Gasteiger partial charge in [-0.05, 0) is 54.7 Å². The molecule has 2 aromatic carbocycles. The van der Waals surface area contributed by atoms with Gasteiger partial charge >= 0.3 is 5.97 Å². The Kier molecular flexibility index (Phi) is 6.78. The van der Waals surface area contributed by atoms with Gasteiger partial charge in [-0.2, -0.15) is 0 Å². The number of benzene rings is 2. The van der Waals surface area contributed by atoms with Crippen LogP contribution in [-0.2, 0) is 9.59 Å². The lowest BCUT2D eigenvalue weighted by Gasteiger charge is -2.16. The van der Waals surface area contributed by atoms with Gasteiger partial charge in [0, 0.05) is 12.1 Å². The van der Waals surface area contributed by atoms with Crippen molar-refractivity contribution in [1.29, 1.82) is 0 Å². The number of hydrogen-bond acceptors (Lipinski definition) is 3. The first-order valence-corrected chi connectivity index (χ1v) is 8.71. The van der Waals surface area contributed by atoms with Crippen molar-refractivity contribution in [3.63, 3.8) is 0 Å². The molecule has 2 aromatic rings. The van der Waals surface area contributed by atoms with E-state index in [1.54, 1.807) is 38.3 Å². The van der Waals surface area contributed by atoms with E-state index in [9.17, 15) is 9.59 Å². The third-order valence-electron chi connectivity index (χ3n) is 4.58. The minimum atomic E-state index is -0.868. The molecule has 0 heterocycles. The molecule has 138 valence electrons. The molecule has 0 aliphatic heterocycles. The zero-order chi connectivity index (χ0) is 19.1. The summed E-state index contributed by atoms with van der Waals surface area (Å²) < 4.78 is 5.17. The molecule has 0 fully saturated rings. The molecule has 0 spiro atoms. The SMILES string of the molecule is CCC(CC(=O)Nc1ccc(C(C)C(=O)O)cc1)c1ccc(OC)cc1. The number of carboxylic acid groups (broad SMARTS) is 1. The highest BCUT2D eigenvalue weighted by molar-refractivity contribution is 5.91. The first-order valence-electron chi connectivity index (χ1n) is 8.71. The van der Waals surface area contributed by atoms with E-state index < -0.39 is 11.9 Å². The molecule has 1 amide bonds. The van der Waals surface area contributed by atoms with Gasteiger partial charge in [0.05, 0.1) is 13.0 Å². The van der Waals surface area contributed by atoms with Crippen LogP contribution in [0, 0.1) is 0 Å². The number of hydrogen-bond donors (Lipinski definition) is 2. The Morgan fingerprint density at radius 3 is 2.12 bits per heavy atom. The Hall–Kier alpha value is -2.82. The number of rotatable bonds is 8. The van der Waals surface area contributed by atoms with Gasteiger partial charge in [0.25, 0.3) is 0 Å². The van der Waals surface area contributed by atoms with Gasteiger partial charge in [-0.15, -0.1) is 0 Å². The number of carboxylic acids is 1. The Labute approximate surface area is 154 Å². The highest BCUT2D eigenvalue weighted by Crippen LogP contribution is 2.26. The Balaban J connectivity index is 1.98. The molecule has 26 heavy (non-hydrogen) atoms. The van der Waals surface area contributed by atoms with Crippen molar-refractivity contribution in [3.8, 4) is 5.75 Å². The average Bonchev–Trinajstić information content (AvgIpc) is 2.66. The second kappa shape index (κ2) is 9.04. The van der Waals surface area contributed by atoms with Gasteiger partial charge in [0.1, 0.15) is 5.75 Å². The topological polar surface area (TPSA) is 75.6 Å². The van der Waals surface area contributed by atoms with E-state index >= 15 is 0 Å². The van der Waals surface area contributed by atoms with Crippen LogP contribution < -0.4 is 10.1 Å². The molecule has 0 aliphatic carbocycles. The number of methoxy groups -OCH3 is 1. The minimum absolute atomic E-state index is 0.0632. The maximum atomic E-state index is 12.4. The van der Waals surface area contributed by atoms with Crippen LogP contribution in [-0.4, -0.2) is 24.1 Å². The zero-order valence-electron chi connectivity index (χ0n) is 15.4. The average molecular weight is 355 g/mol. The third-order valence-corrected chi connectivity index (χ3v) is 4.58. The number of anilines is 1. The summed E-state index contributed by atoms with van der Waals surface area (Å²) in [5.41, 5.74) is 2.48. The molecule has 0 radical (unpaired) electrons. The summed E-state index contributed by atoms with van der Waals surface area (Å²) in [4.78, 5) is 23.4. The van der Waals surface area contributed by atoms with E-state index in [1.165, 1.54) is 0 Å². The van der Waals surface area contributed by atoms with Crippen LogP contribution >= 0.6 is 0 Å². The van der Waals surface area contributed by atoms with E-state index in [-0.39, 0.29) is 11.8 Å². The summed E-state index contributed by atoms with van der Waals surface area (Å²) in [6, 6.07) is 14.7. The molecule has 0 bridgehead atoms. The number of amides is 1. The fourth-order valence-electron chi connectivity index (χ4n) is 2.81. The smallest absolute Gasteiger partial charge is 0.310 e. The second-order valence-electron chi connectivity index (χ2n) is 6.31. The third kappa shape index (κ3) is 5.09. The van der Waals surface area contributed by atoms with Gasteiger partial charge in [0.15, 0.2) is 0 Å². The Bertz CT molecular complexity index is 738. The number of carbonyl (C=O) groups is 2. The second-order valence-corrected chi connectivity index (χ2v) is 6.31. The zero-order valence-corrected chi connectivity index (χ0v) is 15.4. The predicted octanol–water partition coefficient (Wildman–Crippen LogP) is 4.41. The van der Waals surface area contributed by atoms with Crippen molar-refractivity contribution < 1.29 is 19.4 Å². The van der Waals surface area contributed by atoms with Crippen LogP contribution in [0.2, 0.25) is 0 Å². The summed E-state index contributed by atoms with van der Waals surface area (Å²) in [7, 11) is 1.63. The normalized spacial score (nSPS) is 12.9. The summed E-state index contributed by atoms with van der Waals surface area (Å²) in [6.45, 7) is 3.70. The van der Waals surface area contributed by atoms with Crippen LogP contribution in [0.15, 0.2) is 48.5 Å². The van der Waals surface area contributed by atoms with Crippen LogP contribution in [0.25, 0.3) is 0 Å². The van der Waals surface area contributed by atoms with Crippen molar-refractivity contribution in [3.05, 3.63) is 59.7 Å². The van der Waals surface area contributed by atoms with Crippen molar-refractivity contribution in [2.45, 2.75) is 38.5 Å². The molecule has 0 aliphatic rings. The van der Waals surface area contributed by atoms with Crippen molar-refractivity contribution in [2.24, 2.45) is 0 Å². The molecule has 2 N–H and O–H groups in total. The predicted molar refractivity (Wildman–Crippen MR) is 102 cm³/mol. The van der Waals surface area contributed by atoms with Gasteiger partial charge in [-0.25, -0.2) is 0 Å². The van der Waals surface area contributed by atoms with Crippen molar-refractivity contribution >= 4 is 17.6 Å². The van der Waals surface area contributed by atoms with Crippen LogP contribution in [0.1, 0.15) is 49.7 Å². The Morgan fingerprint density at radius 1 is 1.04 bits per heavy atom. The van der Waals surface area contributed by atoms with Gasteiger partial charge in [0.2, 0.25) is 5.91 Å². The largest absolute Gasteiger partial charge is 0.497 e. The fourth-order valence-corrected chi connectivity index (χ4v) is 2.81. The van der Waals surface area contributed by atoms with E-state index in [4.69, 9.17) is 9.84 Å². The molecule has 0 saturated heterocycles. The summed E-state index contributed by atoms with van der Waals surface area (Å²) in [6.07, 6.45) is 1.24. The highest BCUT2D eigenvalue weighted by atomic mass is 16.5. The molecular weight excluding hydrogens is 330 g/mol. The minimum Gasteiger partial charge on any atom is -0.497 e. The first kappa shape index (κ1) is 19.5. The lowest BCUT2D eigenvalue weighted by molar-refractivity contribution is -0.138. The molecule has 0 aromatic heterocycles. The first-order chi connectivity index (χ1) is 12.4. The lowest BCUT2D eigenvalue weighted by Crippen LogP contribution is -2.15. The number of nitrogens with one attached hydrogen (secondary N) is 1. The molecular formula is C21H25NO4. The van der Waals surface area contributed by atoms with Gasteiger partial charge in [-0.1, -0.05) is 31.2 Å². The highest BCUT2D eigenvalue weighted by Gasteiger charge is 2.16. The summed E-state index contributed by atoms with van der Waals surface area (Å²) in [5.74, 6) is -0.575. The number of carbonyl (C=O) groups excluding carboxylic acids is 1. The van der Waals surface area contributed by atoms with Gasteiger partial charge in [-0.3, -0.25) is 9.59 Å². The van der Waals surface area contributed by atoms with Crippen LogP contribution in [0.4, 0.5) is 5.69 Å². The maximum absolute atomic E-state index is 12.4. The molecule has 0 saturated carbocycles. The monoisotopic (exact) mass is 355 g/mol. The maximum Gasteiger partial charge on any atom is 0.310 e. The van der Waals surface area contributed by atoms with Crippen LogP contribution in [0.3, 0.4) is 0 Å². The van der Waals surface area contributed by atoms with E-state index in [2.05, 4.69) is 12.2 Å². The van der Waals surface area contributed by atoms with E-state index in [0.717, 1.165) is 17.7 Å². The number of ether oxygens (including phenoxy) is 1. The molecule has 2 unspecified atom stereocenters. The van der Waals surface area contributed by atoms with Gasteiger partial charge < -0.3 is 15.2 Å². The van der Waals surface area contributed by atoms with Crippen molar-refractivity contribution in [1.82, 2.24) is 0 Å². The standard InChI is InChI=1S/C21H25NO4/c1-4-15(17-7-11-19(26-3)12-8-17)13-20(23)22-18-9-5-16(6-10-18)14(2)21(24)25/h5-12,14-15H,4,13H2,1-3H3,(H,22,23)(H,24,25). The number of aliphatic carboxylic acids is 1. The van der Waals surface area contributed by atoms with E-state index in [1.807, 2.05) is 24.3 Å². The molecule has 5 heteroatoms. The van der Waals surface area contributed by atoms with Crippen LogP contribution in [0.5, 0.6) is 5.75 Å². The Morgan fingerprint density at radius 2 is 1.62 bits per heavy atom. The molecule has 5 nitrogen and oxygen atoms in total. The van der Waals surface area contributed by atoms with Crippen molar-refractivity contribution in [2.75, 3.05) is 12.4 Å². The summed E-state index contributed by atoms with van der Waals surface area (Å²) >= 11 is 0. The quantitative estimate of drug-likeness (QED) is 0.736. The fraction of sp³-hybridized carbons (Fsp3) is 0.333. The molecule has 2 rings (SSSR count).